The van der Waals surface area contributed by atoms with Crippen molar-refractivity contribution in [3.8, 4) is 5.69 Å². The Bertz CT molecular complexity index is 1110. The van der Waals surface area contributed by atoms with E-state index in [2.05, 4.69) is 30.9 Å². The van der Waals surface area contributed by atoms with Crippen molar-refractivity contribution < 1.29 is 4.79 Å². The number of carbonyl (C=O) groups is 1. The summed E-state index contributed by atoms with van der Waals surface area (Å²) in [5.74, 6) is -0.242. The van der Waals surface area contributed by atoms with Gasteiger partial charge in [-0.1, -0.05) is 6.07 Å². The van der Waals surface area contributed by atoms with Crippen molar-refractivity contribution in [2.75, 3.05) is 5.32 Å². The van der Waals surface area contributed by atoms with E-state index in [1.165, 1.54) is 6.33 Å². The molecule has 0 aliphatic heterocycles. The molecule has 136 valence electrons. The summed E-state index contributed by atoms with van der Waals surface area (Å²) >= 11 is 0. The zero-order valence-electron chi connectivity index (χ0n) is 15.2. The minimum Gasteiger partial charge on any atom is -0.322 e. The van der Waals surface area contributed by atoms with E-state index in [1.807, 2.05) is 43.7 Å². The smallest absolute Gasteiger partial charge is 0.257 e. The van der Waals surface area contributed by atoms with Gasteiger partial charge in [-0.15, -0.1) is 5.10 Å². The maximum atomic E-state index is 12.7. The number of aryl methyl sites for hydroxylation is 1. The van der Waals surface area contributed by atoms with Crippen LogP contribution in [0, 0.1) is 6.92 Å². The van der Waals surface area contributed by atoms with E-state index in [9.17, 15) is 4.79 Å². The second-order valence-corrected chi connectivity index (χ2v) is 6.53. The molecule has 1 amide bonds. The summed E-state index contributed by atoms with van der Waals surface area (Å²) in [6.07, 6.45) is 4.80. The third-order valence-electron chi connectivity index (χ3n) is 4.25. The van der Waals surface area contributed by atoms with E-state index in [4.69, 9.17) is 0 Å². The zero-order chi connectivity index (χ0) is 19.0. The minimum atomic E-state index is -0.242. The van der Waals surface area contributed by atoms with Gasteiger partial charge in [0.15, 0.2) is 5.65 Å². The minimum absolute atomic E-state index is 0.201. The van der Waals surface area contributed by atoms with Crippen molar-refractivity contribution >= 4 is 22.6 Å². The van der Waals surface area contributed by atoms with Crippen LogP contribution < -0.4 is 5.32 Å². The monoisotopic (exact) mass is 362 g/mol. The average Bonchev–Trinajstić information content (AvgIpc) is 3.32. The molecule has 27 heavy (non-hydrogen) atoms. The number of nitrogens with zero attached hydrogens (tertiary/aromatic N) is 7. The Hall–Kier alpha value is -3.62. The topological polar surface area (TPSA) is 103 Å². The van der Waals surface area contributed by atoms with E-state index in [0.29, 0.717) is 11.3 Å². The Kier molecular flexibility index (Phi) is 4.11. The Balaban J connectivity index is 1.61. The average molecular weight is 362 g/mol. The fourth-order valence-corrected chi connectivity index (χ4v) is 2.85. The molecule has 0 radical (unpaired) electrons. The van der Waals surface area contributed by atoms with E-state index in [1.54, 1.807) is 23.1 Å². The molecule has 3 heterocycles. The van der Waals surface area contributed by atoms with Crippen LogP contribution in [-0.2, 0) is 0 Å². The number of benzene rings is 1. The molecule has 9 heteroatoms. The van der Waals surface area contributed by atoms with E-state index < -0.39 is 0 Å². The molecule has 3 aromatic heterocycles. The predicted octanol–water partition coefficient (Wildman–Crippen LogP) is 2.55. The molecular formula is C18H18N8O. The number of rotatable bonds is 4. The predicted molar refractivity (Wildman–Crippen MR) is 99.8 cm³/mol. The summed E-state index contributed by atoms with van der Waals surface area (Å²) in [5, 5.41) is 19.3. The van der Waals surface area contributed by atoms with Crippen LogP contribution in [-0.4, -0.2) is 40.9 Å². The zero-order valence-corrected chi connectivity index (χ0v) is 15.2. The lowest BCUT2D eigenvalue weighted by Gasteiger charge is -2.10. The van der Waals surface area contributed by atoms with Gasteiger partial charge in [0, 0.05) is 23.3 Å². The number of hydrogen-bond acceptors (Lipinski definition) is 6. The molecule has 1 N–H and O–H groups in total. The highest BCUT2D eigenvalue weighted by atomic mass is 16.1. The molecule has 0 aliphatic carbocycles. The number of aromatic nitrogens is 7. The first kappa shape index (κ1) is 16.8. The first-order chi connectivity index (χ1) is 13.0. The van der Waals surface area contributed by atoms with Gasteiger partial charge in [0.1, 0.15) is 6.33 Å². The summed E-state index contributed by atoms with van der Waals surface area (Å²) in [6.45, 7) is 6.02. The molecule has 0 bridgehead atoms. The first-order valence-corrected chi connectivity index (χ1v) is 8.51. The van der Waals surface area contributed by atoms with Crippen molar-refractivity contribution in [2.45, 2.75) is 26.8 Å². The second-order valence-electron chi connectivity index (χ2n) is 6.53. The molecule has 0 spiro atoms. The van der Waals surface area contributed by atoms with Gasteiger partial charge < -0.3 is 5.32 Å². The highest BCUT2D eigenvalue weighted by Gasteiger charge is 2.13. The lowest BCUT2D eigenvalue weighted by molar-refractivity contribution is 0.102. The normalized spacial score (nSPS) is 11.3. The van der Waals surface area contributed by atoms with E-state index in [0.717, 1.165) is 22.3 Å². The number of tetrazole rings is 1. The van der Waals surface area contributed by atoms with Gasteiger partial charge in [-0.25, -0.2) is 14.3 Å². The van der Waals surface area contributed by atoms with Crippen LogP contribution in [0.4, 0.5) is 5.69 Å². The highest BCUT2D eigenvalue weighted by molar-refractivity contribution is 6.05. The standard InChI is InChI=1S/C18H18N8O/c1-11(2)26-17-13(9-21-26)6-14(8-19-17)18(27)22-15-5-4-12(3)16(7-15)25-10-20-23-24-25/h4-11H,1-3H3,(H,22,27). The molecular weight excluding hydrogens is 344 g/mol. The van der Waals surface area contributed by atoms with E-state index in [-0.39, 0.29) is 11.9 Å². The molecule has 1 aromatic carbocycles. The highest BCUT2D eigenvalue weighted by Crippen LogP contribution is 2.20. The Morgan fingerprint density at radius 3 is 2.78 bits per heavy atom. The molecule has 0 unspecified atom stereocenters. The molecule has 0 saturated carbocycles. The fraction of sp³-hybridized carbons (Fsp3) is 0.222. The second kappa shape index (κ2) is 6.60. The summed E-state index contributed by atoms with van der Waals surface area (Å²) in [6, 6.07) is 7.56. The van der Waals surface area contributed by atoms with Crippen molar-refractivity contribution in [3.05, 3.63) is 54.1 Å². The van der Waals surface area contributed by atoms with Crippen LogP contribution in [0.25, 0.3) is 16.7 Å². The first-order valence-electron chi connectivity index (χ1n) is 8.51. The summed E-state index contributed by atoms with van der Waals surface area (Å²) < 4.78 is 3.38. The maximum Gasteiger partial charge on any atom is 0.257 e. The van der Waals surface area contributed by atoms with Crippen molar-refractivity contribution in [1.29, 1.82) is 0 Å². The summed E-state index contributed by atoms with van der Waals surface area (Å²) in [4.78, 5) is 17.1. The van der Waals surface area contributed by atoms with Gasteiger partial charge in [-0.3, -0.25) is 4.79 Å². The fourth-order valence-electron chi connectivity index (χ4n) is 2.85. The lowest BCUT2D eigenvalue weighted by atomic mass is 10.1. The van der Waals surface area contributed by atoms with Gasteiger partial charge in [-0.05, 0) is 55.0 Å². The molecule has 4 aromatic rings. The summed E-state index contributed by atoms with van der Waals surface area (Å²) in [5.41, 5.74) is 3.66. The van der Waals surface area contributed by atoms with Gasteiger partial charge in [0.25, 0.3) is 5.91 Å². The largest absolute Gasteiger partial charge is 0.322 e. The maximum absolute atomic E-state index is 12.7. The van der Waals surface area contributed by atoms with Gasteiger partial charge in [-0.2, -0.15) is 5.10 Å². The number of hydrogen-bond donors (Lipinski definition) is 1. The van der Waals surface area contributed by atoms with Crippen LogP contribution >= 0.6 is 0 Å². The molecule has 0 fully saturated rings. The molecule has 9 nitrogen and oxygen atoms in total. The number of pyridine rings is 1. The molecule has 0 saturated heterocycles. The number of amides is 1. The van der Waals surface area contributed by atoms with Crippen molar-refractivity contribution in [1.82, 2.24) is 35.0 Å². The van der Waals surface area contributed by atoms with Gasteiger partial charge in [0.2, 0.25) is 0 Å². The lowest BCUT2D eigenvalue weighted by Crippen LogP contribution is -2.13. The Morgan fingerprint density at radius 2 is 2.04 bits per heavy atom. The van der Waals surface area contributed by atoms with Gasteiger partial charge in [0.05, 0.1) is 17.4 Å². The summed E-state index contributed by atoms with van der Waals surface area (Å²) in [7, 11) is 0. The molecule has 4 rings (SSSR count). The quantitative estimate of drug-likeness (QED) is 0.598. The third-order valence-corrected chi connectivity index (χ3v) is 4.25. The van der Waals surface area contributed by atoms with E-state index >= 15 is 0 Å². The number of carbonyl (C=O) groups excluding carboxylic acids is 1. The number of fused-ring (bicyclic) bond motifs is 1. The van der Waals surface area contributed by atoms with Crippen LogP contribution in [0.5, 0.6) is 0 Å². The van der Waals surface area contributed by atoms with Crippen LogP contribution in [0.1, 0.15) is 35.8 Å². The SMILES string of the molecule is Cc1ccc(NC(=O)c2cnc3c(cnn3C(C)C)c2)cc1-n1cnnn1. The third kappa shape index (κ3) is 3.14. The number of nitrogens with one attached hydrogen (secondary N) is 1. The van der Waals surface area contributed by atoms with Crippen LogP contribution in [0.3, 0.4) is 0 Å². The number of anilines is 1. The van der Waals surface area contributed by atoms with Crippen LogP contribution in [0.2, 0.25) is 0 Å². The Morgan fingerprint density at radius 1 is 1.19 bits per heavy atom. The van der Waals surface area contributed by atoms with Crippen molar-refractivity contribution in [2.24, 2.45) is 0 Å². The molecule has 0 aliphatic rings. The van der Waals surface area contributed by atoms with Crippen molar-refractivity contribution in [3.63, 3.8) is 0 Å². The van der Waals surface area contributed by atoms with Gasteiger partial charge >= 0.3 is 0 Å². The van der Waals surface area contributed by atoms with Crippen LogP contribution in [0.15, 0.2) is 43.0 Å². The Labute approximate surface area is 155 Å². The molecule has 0 atom stereocenters.